The molecule has 4 nitrogen and oxygen atoms in total. The van der Waals surface area contributed by atoms with Crippen LogP contribution in [0.25, 0.3) is 0 Å². The van der Waals surface area contributed by atoms with Crippen molar-refractivity contribution in [2.24, 2.45) is 0 Å². The molecule has 1 heterocycles. The van der Waals surface area contributed by atoms with Crippen molar-refractivity contribution in [3.63, 3.8) is 0 Å². The monoisotopic (exact) mass is 221 g/mol. The van der Waals surface area contributed by atoms with E-state index in [0.717, 1.165) is 11.3 Å². The second-order valence-electron chi connectivity index (χ2n) is 3.81. The molecule has 0 saturated carbocycles. The fourth-order valence-corrected chi connectivity index (χ4v) is 1.91. The fraction of sp³-hybridized carbons (Fsp3) is 0.417. The van der Waals surface area contributed by atoms with Crippen LogP contribution in [0.2, 0.25) is 0 Å². The quantitative estimate of drug-likeness (QED) is 0.746. The van der Waals surface area contributed by atoms with Crippen molar-refractivity contribution in [3.8, 4) is 0 Å². The van der Waals surface area contributed by atoms with E-state index in [9.17, 15) is 9.90 Å². The smallest absolute Gasteiger partial charge is 0.337 e. The predicted molar refractivity (Wildman–Crippen MR) is 60.2 cm³/mol. The molecule has 86 valence electrons. The van der Waals surface area contributed by atoms with E-state index in [0.29, 0.717) is 6.42 Å². The molecule has 0 saturated heterocycles. The molecule has 0 amide bonds. The maximum absolute atomic E-state index is 11.4. The minimum absolute atomic E-state index is 0.281. The number of nitrogens with one attached hydrogen (secondary N) is 1. The second-order valence-corrected chi connectivity index (χ2v) is 3.81. The summed E-state index contributed by atoms with van der Waals surface area (Å²) in [7, 11) is 0. The average molecular weight is 221 g/mol. The van der Waals surface area contributed by atoms with Crippen LogP contribution in [0.1, 0.15) is 12.5 Å². The summed E-state index contributed by atoms with van der Waals surface area (Å²) in [5.74, 6) is -0.562. The average Bonchev–Trinajstić information content (AvgIpc) is 2.71. The number of carbonyl (C=O) groups excluding carboxylic acids is 1. The topological polar surface area (TPSA) is 58.6 Å². The summed E-state index contributed by atoms with van der Waals surface area (Å²) in [6.07, 6.45) is -0.455. The number of aliphatic hydroxyl groups excluding tert-OH is 1. The molecule has 16 heavy (non-hydrogen) atoms. The molecular formula is C12H15NO3. The Morgan fingerprint density at radius 1 is 1.62 bits per heavy atom. The van der Waals surface area contributed by atoms with Gasteiger partial charge >= 0.3 is 5.97 Å². The molecular weight excluding hydrogens is 206 g/mol. The Balaban J connectivity index is 2.03. The number of ether oxygens (including phenoxy) is 1. The predicted octanol–water partition coefficient (Wildman–Crippen LogP) is 0.947. The van der Waals surface area contributed by atoms with Gasteiger partial charge in [0.05, 0.1) is 12.6 Å². The lowest BCUT2D eigenvalue weighted by molar-refractivity contribution is -0.153. The van der Waals surface area contributed by atoms with E-state index in [1.54, 1.807) is 6.92 Å². The van der Waals surface area contributed by atoms with Gasteiger partial charge in [-0.1, -0.05) is 18.2 Å². The van der Waals surface area contributed by atoms with E-state index in [1.165, 1.54) is 0 Å². The summed E-state index contributed by atoms with van der Waals surface area (Å²) in [4.78, 5) is 11.4. The summed E-state index contributed by atoms with van der Waals surface area (Å²) in [5.41, 5.74) is 2.10. The molecule has 0 fully saturated rings. The first-order chi connectivity index (χ1) is 7.72. The van der Waals surface area contributed by atoms with Gasteiger partial charge in [0.15, 0.2) is 6.10 Å². The van der Waals surface area contributed by atoms with Crippen LogP contribution >= 0.6 is 0 Å². The Bertz CT molecular complexity index is 367. The number of aliphatic hydroxyl groups is 1. The maximum atomic E-state index is 11.4. The van der Waals surface area contributed by atoms with Crippen LogP contribution in [0, 0.1) is 0 Å². The van der Waals surface area contributed by atoms with Crippen LogP contribution in [0.3, 0.4) is 0 Å². The molecule has 0 radical (unpaired) electrons. The number of hydrogen-bond donors (Lipinski definition) is 2. The van der Waals surface area contributed by atoms with Crippen LogP contribution in [-0.4, -0.2) is 29.8 Å². The number of anilines is 1. The van der Waals surface area contributed by atoms with Crippen LogP contribution in [0.15, 0.2) is 24.3 Å². The molecule has 4 heteroatoms. The number of para-hydroxylation sites is 1. The Morgan fingerprint density at radius 3 is 3.06 bits per heavy atom. The summed E-state index contributed by atoms with van der Waals surface area (Å²) < 4.78 is 4.79. The summed E-state index contributed by atoms with van der Waals surface area (Å²) in [5, 5.41) is 12.9. The second kappa shape index (κ2) is 4.53. The normalized spacial score (nSPS) is 19.8. The SMILES string of the molecule is CCOC(=O)C(O)C1Cc2ccccc2N1. The Labute approximate surface area is 94.2 Å². The van der Waals surface area contributed by atoms with Crippen LogP contribution in [0.4, 0.5) is 5.69 Å². The first kappa shape index (κ1) is 11.0. The Morgan fingerprint density at radius 2 is 2.38 bits per heavy atom. The molecule has 0 aromatic heterocycles. The van der Waals surface area contributed by atoms with Crippen LogP contribution in [-0.2, 0) is 16.0 Å². The van der Waals surface area contributed by atoms with E-state index in [2.05, 4.69) is 5.32 Å². The minimum Gasteiger partial charge on any atom is -0.464 e. The zero-order chi connectivity index (χ0) is 11.5. The van der Waals surface area contributed by atoms with E-state index in [1.807, 2.05) is 24.3 Å². The largest absolute Gasteiger partial charge is 0.464 e. The third-order valence-corrected chi connectivity index (χ3v) is 2.71. The molecule has 2 rings (SSSR count). The standard InChI is InChI=1S/C12H15NO3/c1-2-16-12(15)11(14)10-7-8-5-3-4-6-9(8)13-10/h3-6,10-11,13-14H,2,7H2,1H3. The molecule has 1 aromatic carbocycles. The van der Waals surface area contributed by atoms with Gasteiger partial charge in [0.25, 0.3) is 0 Å². The van der Waals surface area contributed by atoms with Crippen molar-refractivity contribution in [3.05, 3.63) is 29.8 Å². The lowest BCUT2D eigenvalue weighted by atomic mass is 10.1. The van der Waals surface area contributed by atoms with Crippen molar-refractivity contribution >= 4 is 11.7 Å². The molecule has 2 unspecified atom stereocenters. The molecule has 2 atom stereocenters. The Kier molecular flexibility index (Phi) is 3.10. The zero-order valence-electron chi connectivity index (χ0n) is 9.14. The van der Waals surface area contributed by atoms with Crippen LogP contribution < -0.4 is 5.32 Å². The number of esters is 1. The van der Waals surface area contributed by atoms with Gasteiger partial charge in [0, 0.05) is 5.69 Å². The highest BCUT2D eigenvalue weighted by Gasteiger charge is 2.31. The van der Waals surface area contributed by atoms with Gasteiger partial charge in [-0.15, -0.1) is 0 Å². The van der Waals surface area contributed by atoms with Crippen molar-refractivity contribution in [2.75, 3.05) is 11.9 Å². The van der Waals surface area contributed by atoms with Gasteiger partial charge in [0.1, 0.15) is 0 Å². The molecule has 0 spiro atoms. The molecule has 2 N–H and O–H groups in total. The van der Waals surface area contributed by atoms with Crippen molar-refractivity contribution in [1.29, 1.82) is 0 Å². The lowest BCUT2D eigenvalue weighted by Crippen LogP contribution is -2.39. The maximum Gasteiger partial charge on any atom is 0.337 e. The highest BCUT2D eigenvalue weighted by molar-refractivity contribution is 5.77. The first-order valence-corrected chi connectivity index (χ1v) is 5.41. The third-order valence-electron chi connectivity index (χ3n) is 2.71. The van der Waals surface area contributed by atoms with E-state index in [-0.39, 0.29) is 12.6 Å². The fourth-order valence-electron chi connectivity index (χ4n) is 1.91. The molecule has 0 bridgehead atoms. The van der Waals surface area contributed by atoms with Gasteiger partial charge in [0.2, 0.25) is 0 Å². The van der Waals surface area contributed by atoms with Gasteiger partial charge in [-0.05, 0) is 25.0 Å². The lowest BCUT2D eigenvalue weighted by Gasteiger charge is -2.17. The third kappa shape index (κ3) is 2.02. The van der Waals surface area contributed by atoms with Gasteiger partial charge < -0.3 is 15.2 Å². The molecule has 1 aliphatic rings. The molecule has 1 aliphatic heterocycles. The summed E-state index contributed by atoms with van der Waals surface area (Å²) in [6.45, 7) is 2.01. The van der Waals surface area contributed by atoms with E-state index < -0.39 is 12.1 Å². The molecule has 0 aliphatic carbocycles. The summed E-state index contributed by atoms with van der Waals surface area (Å²) in [6, 6.07) is 7.51. The number of hydrogen-bond acceptors (Lipinski definition) is 4. The number of fused-ring (bicyclic) bond motifs is 1. The van der Waals surface area contributed by atoms with Gasteiger partial charge in [-0.3, -0.25) is 0 Å². The number of carbonyl (C=O) groups is 1. The van der Waals surface area contributed by atoms with Gasteiger partial charge in [-0.2, -0.15) is 0 Å². The highest BCUT2D eigenvalue weighted by atomic mass is 16.5. The highest BCUT2D eigenvalue weighted by Crippen LogP contribution is 2.26. The van der Waals surface area contributed by atoms with Crippen molar-refractivity contribution in [2.45, 2.75) is 25.5 Å². The van der Waals surface area contributed by atoms with Crippen molar-refractivity contribution < 1.29 is 14.6 Å². The molecule has 1 aromatic rings. The minimum atomic E-state index is -1.10. The van der Waals surface area contributed by atoms with Crippen molar-refractivity contribution in [1.82, 2.24) is 0 Å². The summed E-state index contributed by atoms with van der Waals surface area (Å²) >= 11 is 0. The number of rotatable bonds is 3. The number of benzene rings is 1. The van der Waals surface area contributed by atoms with E-state index >= 15 is 0 Å². The Hall–Kier alpha value is -1.55. The zero-order valence-corrected chi connectivity index (χ0v) is 9.14. The first-order valence-electron chi connectivity index (χ1n) is 5.41. The van der Waals surface area contributed by atoms with Crippen LogP contribution in [0.5, 0.6) is 0 Å². The van der Waals surface area contributed by atoms with E-state index in [4.69, 9.17) is 4.74 Å². The van der Waals surface area contributed by atoms with Gasteiger partial charge in [-0.25, -0.2) is 4.79 Å².